The highest BCUT2D eigenvalue weighted by molar-refractivity contribution is 7.93. The third kappa shape index (κ3) is 2.45. The van der Waals surface area contributed by atoms with E-state index in [1.165, 1.54) is 24.3 Å². The monoisotopic (exact) mass is 285 g/mol. The molecule has 0 saturated heterocycles. The van der Waals surface area contributed by atoms with Crippen molar-refractivity contribution in [2.24, 2.45) is 5.73 Å². The third-order valence-corrected chi connectivity index (χ3v) is 6.16. The van der Waals surface area contributed by atoms with E-state index in [1.807, 2.05) is 0 Å². The quantitative estimate of drug-likeness (QED) is 0.938. The van der Waals surface area contributed by atoms with Gasteiger partial charge in [-0.15, -0.1) is 11.3 Å². The summed E-state index contributed by atoms with van der Waals surface area (Å²) in [5, 5.41) is 0.863. The number of halogens is 1. The van der Waals surface area contributed by atoms with Crippen LogP contribution >= 0.6 is 11.3 Å². The van der Waals surface area contributed by atoms with Crippen LogP contribution < -0.4 is 5.73 Å². The fourth-order valence-corrected chi connectivity index (χ4v) is 4.50. The van der Waals surface area contributed by atoms with Crippen molar-refractivity contribution in [2.75, 3.05) is 6.54 Å². The number of hydrogen-bond acceptors (Lipinski definition) is 4. The maximum absolute atomic E-state index is 12.8. The summed E-state index contributed by atoms with van der Waals surface area (Å²) >= 11 is 1.15. The summed E-state index contributed by atoms with van der Waals surface area (Å²) in [6.45, 7) is -0.0358. The molecule has 1 heterocycles. The molecule has 0 aliphatic carbocycles. The van der Waals surface area contributed by atoms with Gasteiger partial charge in [-0.3, -0.25) is 0 Å². The Hall–Kier alpha value is -1.24. The van der Waals surface area contributed by atoms with Gasteiger partial charge in [-0.05, 0) is 29.1 Å². The molecule has 0 unspecified atom stereocenters. The van der Waals surface area contributed by atoms with Crippen molar-refractivity contribution in [3.05, 3.63) is 53.2 Å². The highest BCUT2D eigenvalue weighted by atomic mass is 32.2. The summed E-state index contributed by atoms with van der Waals surface area (Å²) < 4.78 is 37.8. The average Bonchev–Trinajstić information content (AvgIpc) is 2.86. The maximum Gasteiger partial charge on any atom is 0.195 e. The highest BCUT2D eigenvalue weighted by Crippen LogP contribution is 2.30. The molecule has 18 heavy (non-hydrogen) atoms. The fourth-order valence-electron chi connectivity index (χ4n) is 1.68. The van der Waals surface area contributed by atoms with Gasteiger partial charge in [0.15, 0.2) is 9.84 Å². The van der Waals surface area contributed by atoms with E-state index in [0.717, 1.165) is 11.3 Å². The van der Waals surface area contributed by atoms with Crippen LogP contribution in [0.5, 0.6) is 0 Å². The largest absolute Gasteiger partial charge is 0.329 e. The van der Waals surface area contributed by atoms with E-state index in [4.69, 9.17) is 5.73 Å². The standard InChI is InChI=1S/C12H12FNO2S2/c13-10-5-3-9(4-6-10)11(8-14)18(15,16)12-2-1-7-17-12/h1-7,11H,8,14H2/t11-/m0/s1. The lowest BCUT2D eigenvalue weighted by Crippen LogP contribution is -2.21. The minimum Gasteiger partial charge on any atom is -0.329 e. The number of rotatable bonds is 4. The van der Waals surface area contributed by atoms with Crippen LogP contribution in [0.25, 0.3) is 0 Å². The van der Waals surface area contributed by atoms with Crippen molar-refractivity contribution >= 4 is 21.2 Å². The fraction of sp³-hybridized carbons (Fsp3) is 0.167. The molecule has 1 aromatic carbocycles. The Morgan fingerprint density at radius 2 is 1.89 bits per heavy atom. The van der Waals surface area contributed by atoms with Gasteiger partial charge < -0.3 is 5.73 Å². The van der Waals surface area contributed by atoms with E-state index in [0.29, 0.717) is 5.56 Å². The highest BCUT2D eigenvalue weighted by Gasteiger charge is 2.28. The smallest absolute Gasteiger partial charge is 0.195 e. The molecule has 0 aliphatic heterocycles. The summed E-state index contributed by atoms with van der Waals surface area (Å²) in [5.74, 6) is -0.400. The minimum atomic E-state index is -3.50. The van der Waals surface area contributed by atoms with E-state index in [2.05, 4.69) is 0 Å². The van der Waals surface area contributed by atoms with Crippen molar-refractivity contribution in [3.63, 3.8) is 0 Å². The number of sulfone groups is 1. The molecule has 1 aromatic heterocycles. The molecule has 0 radical (unpaired) electrons. The summed E-state index contributed by atoms with van der Waals surface area (Å²) in [7, 11) is -3.50. The van der Waals surface area contributed by atoms with Crippen LogP contribution in [0.15, 0.2) is 46.0 Å². The van der Waals surface area contributed by atoms with Gasteiger partial charge in [-0.1, -0.05) is 18.2 Å². The molecule has 6 heteroatoms. The molecule has 0 saturated carbocycles. The zero-order valence-corrected chi connectivity index (χ0v) is 11.0. The Kier molecular flexibility index (Phi) is 3.79. The van der Waals surface area contributed by atoms with Crippen LogP contribution in [0.4, 0.5) is 4.39 Å². The van der Waals surface area contributed by atoms with Crippen LogP contribution in [0, 0.1) is 5.82 Å². The van der Waals surface area contributed by atoms with Crippen molar-refractivity contribution in [3.8, 4) is 0 Å². The normalized spacial score (nSPS) is 13.4. The van der Waals surface area contributed by atoms with E-state index < -0.39 is 20.9 Å². The van der Waals surface area contributed by atoms with Gasteiger partial charge in [-0.25, -0.2) is 12.8 Å². The van der Waals surface area contributed by atoms with Gasteiger partial charge in [0.2, 0.25) is 0 Å². The van der Waals surface area contributed by atoms with Crippen LogP contribution in [-0.4, -0.2) is 15.0 Å². The van der Waals surface area contributed by atoms with Crippen LogP contribution in [0.1, 0.15) is 10.8 Å². The molecule has 0 amide bonds. The predicted molar refractivity (Wildman–Crippen MR) is 69.7 cm³/mol. The number of nitrogens with two attached hydrogens (primary N) is 1. The Balaban J connectivity index is 2.43. The van der Waals surface area contributed by atoms with Crippen molar-refractivity contribution < 1.29 is 12.8 Å². The number of hydrogen-bond donors (Lipinski definition) is 1. The van der Waals surface area contributed by atoms with E-state index in [9.17, 15) is 12.8 Å². The SMILES string of the molecule is NC[C@@H](c1ccc(F)cc1)S(=O)(=O)c1cccs1. The van der Waals surface area contributed by atoms with E-state index in [1.54, 1.807) is 17.5 Å². The molecular formula is C12H12FNO2S2. The lowest BCUT2D eigenvalue weighted by atomic mass is 10.1. The molecule has 1 atom stereocenters. The Morgan fingerprint density at radius 1 is 1.22 bits per heavy atom. The van der Waals surface area contributed by atoms with Gasteiger partial charge >= 0.3 is 0 Å². The van der Waals surface area contributed by atoms with Crippen LogP contribution in [0.2, 0.25) is 0 Å². The zero-order valence-electron chi connectivity index (χ0n) is 9.41. The number of thiophene rings is 1. The second kappa shape index (κ2) is 5.17. The average molecular weight is 285 g/mol. The number of benzene rings is 1. The Labute approximate surface area is 109 Å². The molecule has 2 rings (SSSR count). The van der Waals surface area contributed by atoms with Crippen molar-refractivity contribution in [2.45, 2.75) is 9.46 Å². The van der Waals surface area contributed by atoms with Crippen LogP contribution in [0.3, 0.4) is 0 Å². The van der Waals surface area contributed by atoms with Crippen molar-refractivity contribution in [1.29, 1.82) is 0 Å². The molecule has 2 aromatic rings. The topological polar surface area (TPSA) is 60.2 Å². The Morgan fingerprint density at radius 3 is 2.39 bits per heavy atom. The third-order valence-electron chi connectivity index (χ3n) is 2.61. The summed E-state index contributed by atoms with van der Waals surface area (Å²) in [6.07, 6.45) is 0. The minimum absolute atomic E-state index is 0.0358. The first-order chi connectivity index (χ1) is 8.55. The maximum atomic E-state index is 12.8. The molecule has 0 bridgehead atoms. The summed E-state index contributed by atoms with van der Waals surface area (Å²) in [4.78, 5) is 0. The van der Waals surface area contributed by atoms with E-state index in [-0.39, 0.29) is 10.8 Å². The zero-order chi connectivity index (χ0) is 13.2. The molecule has 3 nitrogen and oxygen atoms in total. The first-order valence-corrected chi connectivity index (χ1v) is 7.71. The molecule has 2 N–H and O–H groups in total. The van der Waals surface area contributed by atoms with Gasteiger partial charge in [0, 0.05) is 6.54 Å². The predicted octanol–water partition coefficient (Wildman–Crippen LogP) is 2.36. The lowest BCUT2D eigenvalue weighted by molar-refractivity contribution is 0.584. The Bertz CT molecular complexity index is 606. The molecule has 0 fully saturated rings. The first-order valence-electron chi connectivity index (χ1n) is 5.28. The second-order valence-corrected chi connectivity index (χ2v) is 7.06. The summed E-state index contributed by atoms with van der Waals surface area (Å²) in [5.41, 5.74) is 6.07. The van der Waals surface area contributed by atoms with Gasteiger partial charge in [-0.2, -0.15) is 0 Å². The van der Waals surface area contributed by atoms with Gasteiger partial charge in [0.05, 0.1) is 0 Å². The molecular weight excluding hydrogens is 273 g/mol. The molecule has 0 aliphatic rings. The van der Waals surface area contributed by atoms with Gasteiger partial charge in [0.1, 0.15) is 15.3 Å². The van der Waals surface area contributed by atoms with Gasteiger partial charge in [0.25, 0.3) is 0 Å². The first kappa shape index (κ1) is 13.2. The van der Waals surface area contributed by atoms with Crippen LogP contribution in [-0.2, 0) is 9.84 Å². The van der Waals surface area contributed by atoms with Crippen molar-refractivity contribution in [1.82, 2.24) is 0 Å². The second-order valence-electron chi connectivity index (χ2n) is 3.75. The molecule has 0 spiro atoms. The lowest BCUT2D eigenvalue weighted by Gasteiger charge is -2.15. The van der Waals surface area contributed by atoms with E-state index >= 15 is 0 Å². The summed E-state index contributed by atoms with van der Waals surface area (Å²) in [6, 6.07) is 8.61. The molecule has 96 valence electrons.